The monoisotopic (exact) mass is 458 g/mol. The summed E-state index contributed by atoms with van der Waals surface area (Å²) in [5.74, 6) is 3.96. The number of ether oxygens (including phenoxy) is 4. The second kappa shape index (κ2) is 9.61. The molecule has 0 bridgehead atoms. The van der Waals surface area contributed by atoms with Crippen molar-refractivity contribution in [1.29, 1.82) is 0 Å². The molecule has 3 aliphatic rings. The van der Waals surface area contributed by atoms with Crippen LogP contribution >= 0.6 is 0 Å². The number of hydrogen-bond donors (Lipinski definition) is 0. The maximum absolute atomic E-state index is 6.47. The maximum atomic E-state index is 6.47. The standard InChI is InChI=1S/C30H34O4/c1-4-31-24-13-14-25(28(18-24)32-19-21-9-6-5-7-10-21)23-17-22-11-8-12-27-26(29(22)33-20-23)15-16-30(2,3)34-27/h5-7,9-14,18,23H,4,8,15-17,19-20H2,1-3H3. The zero-order chi connectivity index (χ0) is 23.5. The van der Waals surface area contributed by atoms with Crippen LogP contribution in [-0.4, -0.2) is 18.8 Å². The molecular formula is C30H34O4. The van der Waals surface area contributed by atoms with Crippen molar-refractivity contribution >= 4 is 0 Å². The molecule has 5 rings (SSSR count). The van der Waals surface area contributed by atoms with Gasteiger partial charge in [0, 0.05) is 23.1 Å². The molecule has 2 aliphatic heterocycles. The molecule has 2 heterocycles. The molecule has 2 saturated heterocycles. The smallest absolute Gasteiger partial charge is 0.129 e. The van der Waals surface area contributed by atoms with Gasteiger partial charge in [0.25, 0.3) is 0 Å². The lowest BCUT2D eigenvalue weighted by molar-refractivity contribution is 0.0124. The van der Waals surface area contributed by atoms with E-state index in [2.05, 4.69) is 44.2 Å². The molecule has 4 nitrogen and oxygen atoms in total. The van der Waals surface area contributed by atoms with Gasteiger partial charge in [-0.2, -0.15) is 0 Å². The van der Waals surface area contributed by atoms with Crippen molar-refractivity contribution < 1.29 is 18.9 Å². The van der Waals surface area contributed by atoms with Crippen molar-refractivity contribution in [2.24, 2.45) is 0 Å². The first-order valence-electron chi connectivity index (χ1n) is 12.4. The molecule has 0 saturated carbocycles. The van der Waals surface area contributed by atoms with Crippen molar-refractivity contribution in [3.05, 3.63) is 94.5 Å². The Morgan fingerprint density at radius 2 is 1.88 bits per heavy atom. The van der Waals surface area contributed by atoms with E-state index in [1.54, 1.807) is 0 Å². The van der Waals surface area contributed by atoms with Crippen molar-refractivity contribution in [3.8, 4) is 11.5 Å². The predicted molar refractivity (Wildman–Crippen MR) is 134 cm³/mol. The van der Waals surface area contributed by atoms with E-state index in [9.17, 15) is 0 Å². The molecule has 34 heavy (non-hydrogen) atoms. The van der Waals surface area contributed by atoms with Crippen LogP contribution in [0.2, 0.25) is 0 Å². The van der Waals surface area contributed by atoms with Gasteiger partial charge in [-0.1, -0.05) is 42.5 Å². The zero-order valence-corrected chi connectivity index (χ0v) is 20.4. The second-order valence-electron chi connectivity index (χ2n) is 9.82. The summed E-state index contributed by atoms with van der Waals surface area (Å²) in [4.78, 5) is 0. The highest BCUT2D eigenvalue weighted by molar-refractivity contribution is 5.48. The summed E-state index contributed by atoms with van der Waals surface area (Å²) >= 11 is 0. The number of allylic oxidation sites excluding steroid dienone is 4. The molecule has 0 radical (unpaired) electrons. The van der Waals surface area contributed by atoms with Crippen LogP contribution in [0.25, 0.3) is 0 Å². The van der Waals surface area contributed by atoms with Crippen molar-refractivity contribution in [2.45, 2.75) is 64.6 Å². The van der Waals surface area contributed by atoms with E-state index >= 15 is 0 Å². The van der Waals surface area contributed by atoms with Gasteiger partial charge in [0.2, 0.25) is 0 Å². The van der Waals surface area contributed by atoms with Gasteiger partial charge in [-0.05, 0) is 69.7 Å². The topological polar surface area (TPSA) is 36.9 Å². The molecule has 0 aromatic heterocycles. The third kappa shape index (κ3) is 4.86. The Kier molecular flexibility index (Phi) is 6.40. The summed E-state index contributed by atoms with van der Waals surface area (Å²) in [6.45, 7) is 8.10. The van der Waals surface area contributed by atoms with Gasteiger partial charge in [-0.15, -0.1) is 0 Å². The zero-order valence-electron chi connectivity index (χ0n) is 20.4. The van der Waals surface area contributed by atoms with E-state index in [-0.39, 0.29) is 11.5 Å². The third-order valence-corrected chi connectivity index (χ3v) is 6.76. The Balaban J connectivity index is 1.39. The largest absolute Gasteiger partial charge is 0.494 e. The van der Waals surface area contributed by atoms with Crippen LogP contribution in [0.3, 0.4) is 0 Å². The van der Waals surface area contributed by atoms with Crippen molar-refractivity contribution in [1.82, 2.24) is 0 Å². The Labute approximate surface area is 202 Å². The van der Waals surface area contributed by atoms with Crippen LogP contribution in [0, 0.1) is 0 Å². The summed E-state index contributed by atoms with van der Waals surface area (Å²) in [5.41, 5.74) is 4.71. The molecule has 2 aromatic carbocycles. The van der Waals surface area contributed by atoms with Gasteiger partial charge >= 0.3 is 0 Å². The fourth-order valence-electron chi connectivity index (χ4n) is 4.98. The number of rotatable bonds is 6. The second-order valence-corrected chi connectivity index (χ2v) is 9.82. The lowest BCUT2D eigenvalue weighted by Gasteiger charge is -2.36. The van der Waals surface area contributed by atoms with Crippen molar-refractivity contribution in [3.63, 3.8) is 0 Å². The summed E-state index contributed by atoms with van der Waals surface area (Å²) in [6.07, 6.45) is 8.29. The predicted octanol–water partition coefficient (Wildman–Crippen LogP) is 7.23. The molecule has 2 aromatic rings. The Morgan fingerprint density at radius 3 is 2.71 bits per heavy atom. The van der Waals surface area contributed by atoms with Crippen LogP contribution in [0.1, 0.15) is 63.5 Å². The minimum atomic E-state index is -0.120. The summed E-state index contributed by atoms with van der Waals surface area (Å²) < 4.78 is 24.9. The number of benzene rings is 2. The Morgan fingerprint density at radius 1 is 1.03 bits per heavy atom. The van der Waals surface area contributed by atoms with Gasteiger partial charge in [0.05, 0.1) is 13.2 Å². The van der Waals surface area contributed by atoms with E-state index in [1.807, 2.05) is 37.3 Å². The number of fused-ring (bicyclic) bond motifs is 2. The minimum absolute atomic E-state index is 0.120. The van der Waals surface area contributed by atoms with Crippen molar-refractivity contribution in [2.75, 3.05) is 13.2 Å². The highest BCUT2D eigenvalue weighted by Gasteiger charge is 2.35. The Hall–Kier alpha value is -3.14. The molecule has 0 spiro atoms. The maximum Gasteiger partial charge on any atom is 0.129 e. The SMILES string of the molecule is CCOc1ccc(C2COC3=C4CCC(C)(C)OC4=CCC=C3C2)c(OCc2ccccc2)c1. The lowest BCUT2D eigenvalue weighted by Crippen LogP contribution is -2.30. The quantitative estimate of drug-likeness (QED) is 0.458. The highest BCUT2D eigenvalue weighted by Crippen LogP contribution is 2.45. The first-order chi connectivity index (χ1) is 16.5. The van der Waals surface area contributed by atoms with Gasteiger partial charge in [0.1, 0.15) is 35.2 Å². The van der Waals surface area contributed by atoms with Crippen LogP contribution in [-0.2, 0) is 16.1 Å². The fraction of sp³-hybridized carbons (Fsp3) is 0.400. The van der Waals surface area contributed by atoms with E-state index in [1.165, 1.54) is 16.7 Å². The van der Waals surface area contributed by atoms with Gasteiger partial charge in [-0.3, -0.25) is 0 Å². The van der Waals surface area contributed by atoms with E-state index < -0.39 is 0 Å². The van der Waals surface area contributed by atoms with E-state index in [0.717, 1.165) is 54.3 Å². The molecule has 1 unspecified atom stereocenters. The molecule has 1 atom stereocenters. The molecule has 2 fully saturated rings. The number of hydrogen-bond acceptors (Lipinski definition) is 4. The fourth-order valence-corrected chi connectivity index (χ4v) is 4.98. The molecule has 1 aliphatic carbocycles. The van der Waals surface area contributed by atoms with Gasteiger partial charge in [0.15, 0.2) is 0 Å². The molecular weight excluding hydrogens is 424 g/mol. The average molecular weight is 459 g/mol. The average Bonchev–Trinajstić information content (AvgIpc) is 3.01. The summed E-state index contributed by atoms with van der Waals surface area (Å²) in [5, 5.41) is 0. The lowest BCUT2D eigenvalue weighted by atomic mass is 9.86. The third-order valence-electron chi connectivity index (χ3n) is 6.76. The van der Waals surface area contributed by atoms with Crippen LogP contribution in [0.5, 0.6) is 11.5 Å². The minimum Gasteiger partial charge on any atom is -0.494 e. The molecule has 0 amide bonds. The van der Waals surface area contributed by atoms with Gasteiger partial charge in [-0.25, -0.2) is 0 Å². The normalized spacial score (nSPS) is 21.1. The first kappa shape index (κ1) is 22.6. The van der Waals surface area contributed by atoms with E-state index in [4.69, 9.17) is 18.9 Å². The first-order valence-corrected chi connectivity index (χ1v) is 12.4. The van der Waals surface area contributed by atoms with Crippen LogP contribution < -0.4 is 9.47 Å². The van der Waals surface area contributed by atoms with Gasteiger partial charge < -0.3 is 18.9 Å². The van der Waals surface area contributed by atoms with E-state index in [0.29, 0.717) is 19.8 Å². The molecule has 4 heteroatoms. The molecule has 178 valence electrons. The summed E-state index contributed by atoms with van der Waals surface area (Å²) in [6, 6.07) is 16.5. The molecule has 0 N–H and O–H groups in total. The van der Waals surface area contributed by atoms with Crippen LogP contribution in [0.4, 0.5) is 0 Å². The highest BCUT2D eigenvalue weighted by atomic mass is 16.5. The Bertz CT molecular complexity index is 1120. The van der Waals surface area contributed by atoms with Crippen LogP contribution in [0.15, 0.2) is 83.3 Å². The summed E-state index contributed by atoms with van der Waals surface area (Å²) in [7, 11) is 0.